The van der Waals surface area contributed by atoms with E-state index in [9.17, 15) is 14.9 Å². The normalized spacial score (nSPS) is 12.2. The zero-order valence-corrected chi connectivity index (χ0v) is 14.6. The highest BCUT2D eigenvalue weighted by Gasteiger charge is 2.25. The Balaban J connectivity index is 2.13. The van der Waals surface area contributed by atoms with Gasteiger partial charge in [-0.3, -0.25) is 24.3 Å². The van der Waals surface area contributed by atoms with Gasteiger partial charge in [0.15, 0.2) is 0 Å². The summed E-state index contributed by atoms with van der Waals surface area (Å²) >= 11 is 0. The summed E-state index contributed by atoms with van der Waals surface area (Å²) in [6.45, 7) is 8.41. The van der Waals surface area contributed by atoms with Crippen molar-refractivity contribution in [1.82, 2.24) is 24.5 Å². The minimum absolute atomic E-state index is 0.0858. The fourth-order valence-electron chi connectivity index (χ4n) is 2.57. The highest BCUT2D eigenvalue weighted by Crippen LogP contribution is 2.20. The Kier molecular flexibility index (Phi) is 5.01. The van der Waals surface area contributed by atoms with Crippen LogP contribution in [0.15, 0.2) is 12.4 Å². The number of hydrogen-bond acceptors (Lipinski definition) is 5. The molecule has 24 heavy (non-hydrogen) atoms. The highest BCUT2D eigenvalue weighted by atomic mass is 16.6. The fourth-order valence-corrected chi connectivity index (χ4v) is 2.57. The van der Waals surface area contributed by atoms with E-state index in [0.29, 0.717) is 12.2 Å². The third-order valence-corrected chi connectivity index (χ3v) is 4.13. The molecule has 0 aromatic carbocycles. The molecule has 0 radical (unpaired) electrons. The van der Waals surface area contributed by atoms with Crippen LogP contribution in [0.3, 0.4) is 0 Å². The van der Waals surface area contributed by atoms with Crippen molar-refractivity contribution in [3.8, 4) is 0 Å². The maximum atomic E-state index is 12.6. The molecule has 0 N–H and O–H groups in total. The van der Waals surface area contributed by atoms with Gasteiger partial charge in [-0.05, 0) is 27.7 Å². The first-order valence-electron chi connectivity index (χ1n) is 7.72. The first-order chi connectivity index (χ1) is 11.3. The number of carbonyl (C=O) groups is 1. The molecule has 0 aliphatic heterocycles. The van der Waals surface area contributed by atoms with Gasteiger partial charge >= 0.3 is 5.69 Å². The van der Waals surface area contributed by atoms with Crippen LogP contribution in [0.5, 0.6) is 0 Å². The number of nitrogens with zero attached hydrogens (tertiary/aromatic N) is 6. The third-order valence-electron chi connectivity index (χ3n) is 4.13. The largest absolute Gasteiger partial charge is 0.339 e. The fraction of sp³-hybridized carbons (Fsp3) is 0.533. The third kappa shape index (κ3) is 3.29. The lowest BCUT2D eigenvalue weighted by molar-refractivity contribution is -0.385. The summed E-state index contributed by atoms with van der Waals surface area (Å²) in [5.74, 6) is -0.170. The molecular formula is C15H22N6O3. The van der Waals surface area contributed by atoms with Gasteiger partial charge in [0.2, 0.25) is 5.91 Å². The Morgan fingerprint density at radius 3 is 2.62 bits per heavy atom. The quantitative estimate of drug-likeness (QED) is 0.593. The van der Waals surface area contributed by atoms with E-state index in [1.165, 1.54) is 10.9 Å². The van der Waals surface area contributed by atoms with Gasteiger partial charge in [0.1, 0.15) is 17.9 Å². The Hall–Kier alpha value is -2.71. The van der Waals surface area contributed by atoms with Crippen molar-refractivity contribution < 1.29 is 9.72 Å². The molecule has 0 bridgehead atoms. The summed E-state index contributed by atoms with van der Waals surface area (Å²) in [6.07, 6.45) is 3.06. The molecule has 0 spiro atoms. The standard InChI is InChI=1S/C15H22N6O3/c1-6-19-11(3)13(7-16-19)8-18(5)15(22)12(4)20-9-14(21(23)24)10(2)17-20/h7,9,12H,6,8H2,1-5H3. The van der Waals surface area contributed by atoms with Gasteiger partial charge in [-0.1, -0.05) is 0 Å². The molecule has 0 fully saturated rings. The molecule has 2 aromatic heterocycles. The minimum atomic E-state index is -0.621. The van der Waals surface area contributed by atoms with Gasteiger partial charge in [0.05, 0.1) is 11.1 Å². The van der Waals surface area contributed by atoms with Crippen LogP contribution < -0.4 is 0 Å². The molecule has 0 saturated carbocycles. The van der Waals surface area contributed by atoms with Crippen LogP contribution in [-0.4, -0.2) is 42.3 Å². The second-order valence-electron chi connectivity index (χ2n) is 5.78. The molecule has 1 atom stereocenters. The molecule has 0 aliphatic rings. The lowest BCUT2D eigenvalue weighted by Gasteiger charge is -2.21. The van der Waals surface area contributed by atoms with Crippen molar-refractivity contribution in [2.75, 3.05) is 7.05 Å². The predicted molar refractivity (Wildman–Crippen MR) is 87.4 cm³/mol. The average molecular weight is 334 g/mol. The maximum absolute atomic E-state index is 12.6. The summed E-state index contributed by atoms with van der Waals surface area (Å²) in [7, 11) is 1.70. The van der Waals surface area contributed by atoms with Crippen LogP contribution in [0.25, 0.3) is 0 Å². The molecular weight excluding hydrogens is 312 g/mol. The van der Waals surface area contributed by atoms with Crippen molar-refractivity contribution >= 4 is 11.6 Å². The molecule has 0 aliphatic carbocycles. The van der Waals surface area contributed by atoms with Gasteiger partial charge in [0.25, 0.3) is 0 Å². The smallest absolute Gasteiger partial charge is 0.309 e. The Bertz CT molecular complexity index is 763. The van der Waals surface area contributed by atoms with Crippen LogP contribution in [-0.2, 0) is 17.9 Å². The molecule has 0 saturated heterocycles. The van der Waals surface area contributed by atoms with Gasteiger partial charge in [-0.25, -0.2) is 0 Å². The number of aromatic nitrogens is 4. The molecule has 1 unspecified atom stereocenters. The summed E-state index contributed by atoms with van der Waals surface area (Å²) in [5.41, 5.74) is 2.21. The SMILES string of the molecule is CCn1ncc(CN(C)C(=O)C(C)n2cc([N+](=O)[O-])c(C)n2)c1C. The molecule has 9 nitrogen and oxygen atoms in total. The lowest BCUT2D eigenvalue weighted by atomic mass is 10.2. The Morgan fingerprint density at radius 2 is 2.12 bits per heavy atom. The van der Waals surface area contributed by atoms with Gasteiger partial charge in [0, 0.05) is 31.4 Å². The Morgan fingerprint density at radius 1 is 1.46 bits per heavy atom. The zero-order valence-electron chi connectivity index (χ0n) is 14.6. The summed E-state index contributed by atoms with van der Waals surface area (Å²) < 4.78 is 3.21. The number of carbonyl (C=O) groups excluding carboxylic acids is 1. The van der Waals surface area contributed by atoms with E-state index in [-0.39, 0.29) is 11.6 Å². The summed E-state index contributed by atoms with van der Waals surface area (Å²) in [4.78, 5) is 24.6. The minimum Gasteiger partial charge on any atom is -0.339 e. The van der Waals surface area contributed by atoms with Crippen molar-refractivity contribution in [3.05, 3.63) is 39.5 Å². The highest BCUT2D eigenvalue weighted by molar-refractivity contribution is 5.79. The number of rotatable bonds is 6. The van der Waals surface area contributed by atoms with Crippen LogP contribution >= 0.6 is 0 Å². The summed E-state index contributed by atoms with van der Waals surface area (Å²) in [5, 5.41) is 19.3. The van der Waals surface area contributed by atoms with E-state index in [4.69, 9.17) is 0 Å². The van der Waals surface area contributed by atoms with E-state index in [2.05, 4.69) is 10.2 Å². The zero-order chi connectivity index (χ0) is 18.0. The second-order valence-corrected chi connectivity index (χ2v) is 5.78. The summed E-state index contributed by atoms with van der Waals surface area (Å²) in [6, 6.07) is -0.621. The van der Waals surface area contributed by atoms with E-state index in [0.717, 1.165) is 17.8 Å². The molecule has 9 heteroatoms. The van der Waals surface area contributed by atoms with E-state index in [1.807, 2.05) is 18.5 Å². The average Bonchev–Trinajstić information content (AvgIpc) is 3.09. The van der Waals surface area contributed by atoms with Crippen LogP contribution in [0.2, 0.25) is 0 Å². The number of hydrogen-bond donors (Lipinski definition) is 0. The van der Waals surface area contributed by atoms with Gasteiger partial charge < -0.3 is 4.90 Å². The molecule has 130 valence electrons. The van der Waals surface area contributed by atoms with E-state index < -0.39 is 11.0 Å². The number of likely N-dealkylation sites (N-methyl/N-ethyl adjacent to an activating group) is 1. The van der Waals surface area contributed by atoms with Crippen molar-refractivity contribution in [3.63, 3.8) is 0 Å². The molecule has 2 aromatic rings. The number of nitro groups is 1. The van der Waals surface area contributed by atoms with Crippen LogP contribution in [0.4, 0.5) is 5.69 Å². The first-order valence-corrected chi connectivity index (χ1v) is 7.72. The predicted octanol–water partition coefficient (Wildman–Crippen LogP) is 1.84. The lowest BCUT2D eigenvalue weighted by Crippen LogP contribution is -2.33. The van der Waals surface area contributed by atoms with Crippen molar-refractivity contribution in [2.24, 2.45) is 0 Å². The molecule has 2 heterocycles. The molecule has 2 rings (SSSR count). The monoisotopic (exact) mass is 334 g/mol. The number of amides is 1. The van der Waals surface area contributed by atoms with E-state index in [1.54, 1.807) is 32.0 Å². The van der Waals surface area contributed by atoms with Crippen LogP contribution in [0, 0.1) is 24.0 Å². The van der Waals surface area contributed by atoms with E-state index >= 15 is 0 Å². The second kappa shape index (κ2) is 6.81. The van der Waals surface area contributed by atoms with Gasteiger partial charge in [-0.2, -0.15) is 10.2 Å². The van der Waals surface area contributed by atoms with Crippen LogP contribution in [0.1, 0.15) is 36.8 Å². The molecule has 1 amide bonds. The Labute approximate surface area is 140 Å². The van der Waals surface area contributed by atoms with Gasteiger partial charge in [-0.15, -0.1) is 0 Å². The van der Waals surface area contributed by atoms with Crippen molar-refractivity contribution in [1.29, 1.82) is 0 Å². The number of aryl methyl sites for hydroxylation is 2. The van der Waals surface area contributed by atoms with Crippen molar-refractivity contribution in [2.45, 2.75) is 46.8 Å². The first kappa shape index (κ1) is 17.6. The maximum Gasteiger partial charge on any atom is 0.309 e. The topological polar surface area (TPSA) is 99.1 Å².